The van der Waals surface area contributed by atoms with E-state index in [1.165, 1.54) is 12.1 Å². The van der Waals surface area contributed by atoms with Crippen LogP contribution in [0.3, 0.4) is 0 Å². The summed E-state index contributed by atoms with van der Waals surface area (Å²) in [5.41, 5.74) is 0.265. The summed E-state index contributed by atoms with van der Waals surface area (Å²) in [7, 11) is 0. The zero-order chi connectivity index (χ0) is 17.9. The summed E-state index contributed by atoms with van der Waals surface area (Å²) in [6, 6.07) is 8.18. The molecule has 0 saturated carbocycles. The quantitative estimate of drug-likeness (QED) is 0.928. The fourth-order valence-corrected chi connectivity index (χ4v) is 3.28. The Bertz CT molecular complexity index is 767. The van der Waals surface area contributed by atoms with E-state index < -0.39 is 5.41 Å². The van der Waals surface area contributed by atoms with Gasteiger partial charge in [-0.05, 0) is 50.5 Å². The van der Waals surface area contributed by atoms with Gasteiger partial charge in [-0.3, -0.25) is 4.79 Å². The molecule has 1 aliphatic rings. The lowest BCUT2D eigenvalue weighted by molar-refractivity contribution is -0.130. The number of aryl methyl sites for hydroxylation is 1. The number of hydrogen-bond donors (Lipinski definition) is 1. The summed E-state index contributed by atoms with van der Waals surface area (Å²) in [5, 5.41) is 2.95. The SMILES string of the molecule is Cc1nccc(N2CCC[C@](C)(C(=O)NCc3cccc(F)c3)C2)n1. The van der Waals surface area contributed by atoms with E-state index in [4.69, 9.17) is 0 Å². The topological polar surface area (TPSA) is 58.1 Å². The van der Waals surface area contributed by atoms with Crippen molar-refractivity contribution in [1.82, 2.24) is 15.3 Å². The number of halogens is 1. The Hall–Kier alpha value is -2.50. The van der Waals surface area contributed by atoms with Crippen LogP contribution in [0.2, 0.25) is 0 Å². The van der Waals surface area contributed by atoms with Crippen molar-refractivity contribution >= 4 is 11.7 Å². The normalized spacial score (nSPS) is 20.4. The van der Waals surface area contributed by atoms with Crippen LogP contribution >= 0.6 is 0 Å². The Labute approximate surface area is 147 Å². The molecule has 132 valence electrons. The van der Waals surface area contributed by atoms with Crippen LogP contribution < -0.4 is 10.2 Å². The number of rotatable bonds is 4. The highest BCUT2D eigenvalue weighted by atomic mass is 19.1. The van der Waals surface area contributed by atoms with Crippen molar-refractivity contribution in [2.75, 3.05) is 18.0 Å². The van der Waals surface area contributed by atoms with E-state index >= 15 is 0 Å². The Morgan fingerprint density at radius 2 is 2.24 bits per heavy atom. The van der Waals surface area contributed by atoms with Gasteiger partial charge in [0.25, 0.3) is 0 Å². The molecule has 1 aromatic carbocycles. The van der Waals surface area contributed by atoms with Crippen LogP contribution in [0.4, 0.5) is 10.2 Å². The monoisotopic (exact) mass is 342 g/mol. The minimum atomic E-state index is -0.496. The van der Waals surface area contributed by atoms with Crippen molar-refractivity contribution in [3.05, 3.63) is 53.7 Å². The molecule has 1 saturated heterocycles. The van der Waals surface area contributed by atoms with Gasteiger partial charge < -0.3 is 10.2 Å². The molecule has 25 heavy (non-hydrogen) atoms. The van der Waals surface area contributed by atoms with Crippen LogP contribution in [-0.4, -0.2) is 29.0 Å². The van der Waals surface area contributed by atoms with E-state index in [2.05, 4.69) is 20.2 Å². The first kappa shape index (κ1) is 17.3. The average molecular weight is 342 g/mol. The van der Waals surface area contributed by atoms with Crippen LogP contribution in [0.5, 0.6) is 0 Å². The van der Waals surface area contributed by atoms with Crippen molar-refractivity contribution < 1.29 is 9.18 Å². The first-order valence-electron chi connectivity index (χ1n) is 8.54. The Morgan fingerprint density at radius 3 is 3.00 bits per heavy atom. The molecule has 2 heterocycles. The van der Waals surface area contributed by atoms with Crippen molar-refractivity contribution in [3.63, 3.8) is 0 Å². The Morgan fingerprint density at radius 1 is 1.40 bits per heavy atom. The molecule has 0 radical (unpaired) electrons. The number of carbonyl (C=O) groups excluding carboxylic acids is 1. The van der Waals surface area contributed by atoms with Gasteiger partial charge in [0.05, 0.1) is 5.41 Å². The third-order valence-electron chi connectivity index (χ3n) is 4.67. The summed E-state index contributed by atoms with van der Waals surface area (Å²) in [5.74, 6) is 1.28. The standard InChI is InChI=1S/C19H23FN4O/c1-14-21-9-7-17(23-14)24-10-4-8-19(2,13-24)18(25)22-12-15-5-3-6-16(20)11-15/h3,5-7,9,11H,4,8,10,12-13H2,1-2H3,(H,22,25)/t19-/m0/s1. The smallest absolute Gasteiger partial charge is 0.227 e. The molecule has 2 aromatic rings. The van der Waals surface area contributed by atoms with Gasteiger partial charge in [-0.1, -0.05) is 12.1 Å². The van der Waals surface area contributed by atoms with Crippen LogP contribution in [-0.2, 0) is 11.3 Å². The van der Waals surface area contributed by atoms with Gasteiger partial charge in [0, 0.05) is 25.8 Å². The van der Waals surface area contributed by atoms with Gasteiger partial charge in [-0.25, -0.2) is 14.4 Å². The van der Waals surface area contributed by atoms with Crippen LogP contribution in [0.25, 0.3) is 0 Å². The molecule has 0 bridgehead atoms. The molecule has 0 spiro atoms. The minimum Gasteiger partial charge on any atom is -0.355 e. The molecular weight excluding hydrogens is 319 g/mol. The van der Waals surface area contributed by atoms with Gasteiger partial charge in [-0.15, -0.1) is 0 Å². The first-order valence-corrected chi connectivity index (χ1v) is 8.54. The van der Waals surface area contributed by atoms with E-state index in [1.807, 2.05) is 26.0 Å². The summed E-state index contributed by atoms with van der Waals surface area (Å²) < 4.78 is 13.3. The molecule has 1 amide bonds. The van der Waals surface area contributed by atoms with Crippen LogP contribution in [0.15, 0.2) is 36.5 Å². The summed E-state index contributed by atoms with van der Waals surface area (Å²) in [4.78, 5) is 23.5. The van der Waals surface area contributed by atoms with E-state index in [-0.39, 0.29) is 11.7 Å². The number of piperidine rings is 1. The second-order valence-electron chi connectivity index (χ2n) is 6.86. The predicted molar refractivity (Wildman–Crippen MR) is 94.6 cm³/mol. The summed E-state index contributed by atoms with van der Waals surface area (Å²) in [6.45, 7) is 5.66. The molecule has 1 atom stereocenters. The van der Waals surface area contributed by atoms with Gasteiger partial charge in [0.15, 0.2) is 0 Å². The molecule has 5 nitrogen and oxygen atoms in total. The third kappa shape index (κ3) is 4.13. The predicted octanol–water partition coefficient (Wildman–Crippen LogP) is 2.85. The molecule has 1 N–H and O–H groups in total. The largest absolute Gasteiger partial charge is 0.355 e. The first-order chi connectivity index (χ1) is 12.0. The maximum atomic E-state index is 13.3. The Kier molecular flexibility index (Phi) is 4.97. The van der Waals surface area contributed by atoms with E-state index in [1.54, 1.807) is 12.3 Å². The van der Waals surface area contributed by atoms with Gasteiger partial charge in [0.2, 0.25) is 5.91 Å². The molecular formula is C19H23FN4O. The van der Waals surface area contributed by atoms with E-state index in [9.17, 15) is 9.18 Å². The second kappa shape index (κ2) is 7.17. The highest BCUT2D eigenvalue weighted by molar-refractivity contribution is 5.83. The van der Waals surface area contributed by atoms with Crippen LogP contribution in [0.1, 0.15) is 31.2 Å². The fraction of sp³-hybridized carbons (Fsp3) is 0.421. The zero-order valence-corrected chi connectivity index (χ0v) is 14.6. The maximum Gasteiger partial charge on any atom is 0.227 e. The molecule has 6 heteroatoms. The van der Waals surface area contributed by atoms with Crippen molar-refractivity contribution in [2.45, 2.75) is 33.2 Å². The molecule has 1 fully saturated rings. The zero-order valence-electron chi connectivity index (χ0n) is 14.6. The molecule has 0 aliphatic carbocycles. The number of anilines is 1. The summed E-state index contributed by atoms with van der Waals surface area (Å²) in [6.07, 6.45) is 3.49. The van der Waals surface area contributed by atoms with E-state index in [0.29, 0.717) is 13.1 Å². The fourth-order valence-electron chi connectivity index (χ4n) is 3.28. The lowest BCUT2D eigenvalue weighted by Gasteiger charge is -2.40. The highest BCUT2D eigenvalue weighted by Gasteiger charge is 2.38. The van der Waals surface area contributed by atoms with Gasteiger partial charge >= 0.3 is 0 Å². The molecule has 3 rings (SSSR count). The highest BCUT2D eigenvalue weighted by Crippen LogP contribution is 2.32. The average Bonchev–Trinajstić information content (AvgIpc) is 2.60. The number of amides is 1. The van der Waals surface area contributed by atoms with Crippen molar-refractivity contribution in [1.29, 1.82) is 0 Å². The lowest BCUT2D eigenvalue weighted by atomic mass is 9.81. The third-order valence-corrected chi connectivity index (χ3v) is 4.67. The summed E-state index contributed by atoms with van der Waals surface area (Å²) >= 11 is 0. The minimum absolute atomic E-state index is 0.00719. The van der Waals surface area contributed by atoms with Crippen molar-refractivity contribution in [2.24, 2.45) is 5.41 Å². The van der Waals surface area contributed by atoms with E-state index in [0.717, 1.165) is 36.6 Å². The maximum absolute atomic E-state index is 13.3. The molecule has 1 aromatic heterocycles. The molecule has 1 aliphatic heterocycles. The second-order valence-corrected chi connectivity index (χ2v) is 6.86. The number of carbonyl (C=O) groups is 1. The number of nitrogens with zero attached hydrogens (tertiary/aromatic N) is 3. The molecule has 0 unspecified atom stereocenters. The lowest BCUT2D eigenvalue weighted by Crippen LogP contribution is -2.50. The van der Waals surface area contributed by atoms with Gasteiger partial charge in [-0.2, -0.15) is 0 Å². The number of benzene rings is 1. The number of aromatic nitrogens is 2. The van der Waals surface area contributed by atoms with Crippen LogP contribution in [0, 0.1) is 18.2 Å². The Balaban J connectivity index is 1.66. The van der Waals surface area contributed by atoms with Crippen molar-refractivity contribution in [3.8, 4) is 0 Å². The van der Waals surface area contributed by atoms with Gasteiger partial charge in [0.1, 0.15) is 17.5 Å². The number of nitrogens with one attached hydrogen (secondary N) is 1. The number of hydrogen-bond acceptors (Lipinski definition) is 4.